The maximum absolute atomic E-state index is 12.0. The van der Waals surface area contributed by atoms with Crippen LogP contribution in [-0.2, 0) is 23.6 Å². The number of aryl methyl sites for hydroxylation is 1. The van der Waals surface area contributed by atoms with Gasteiger partial charge in [0.15, 0.2) is 5.03 Å². The highest BCUT2D eigenvalue weighted by Crippen LogP contribution is 2.05. The van der Waals surface area contributed by atoms with Gasteiger partial charge in [-0.15, -0.1) is 0 Å². The molecule has 0 amide bonds. The number of sulfonamides is 1. The topological polar surface area (TPSA) is 88.9 Å². The van der Waals surface area contributed by atoms with Gasteiger partial charge in [-0.3, -0.25) is 9.67 Å². The van der Waals surface area contributed by atoms with E-state index in [2.05, 4.69) is 20.1 Å². The van der Waals surface area contributed by atoms with Crippen molar-refractivity contribution in [1.29, 1.82) is 0 Å². The van der Waals surface area contributed by atoms with Gasteiger partial charge in [0.05, 0.1) is 6.20 Å². The maximum atomic E-state index is 12.0. The molecule has 2 N–H and O–H groups in total. The molecule has 0 saturated heterocycles. The fourth-order valence-electron chi connectivity index (χ4n) is 1.85. The van der Waals surface area contributed by atoms with Crippen LogP contribution in [0.25, 0.3) is 0 Å². The standard InChI is InChI=1S/C13H19N5O2S/c1-18-13(5-9-16-18)21(19,20)17-8-3-7-15-11-12-4-2-6-14-10-12/h2,4-6,9-10,15,17H,3,7-8,11H2,1H3. The van der Waals surface area contributed by atoms with E-state index in [0.29, 0.717) is 13.0 Å². The largest absolute Gasteiger partial charge is 0.313 e. The average Bonchev–Trinajstić information content (AvgIpc) is 2.91. The van der Waals surface area contributed by atoms with E-state index in [-0.39, 0.29) is 5.03 Å². The van der Waals surface area contributed by atoms with Crippen LogP contribution in [-0.4, -0.2) is 36.3 Å². The molecule has 0 aliphatic heterocycles. The fraction of sp³-hybridized carbons (Fsp3) is 0.385. The third kappa shape index (κ3) is 4.62. The van der Waals surface area contributed by atoms with Crippen molar-refractivity contribution in [2.45, 2.75) is 18.0 Å². The second kappa shape index (κ2) is 7.30. The third-order valence-electron chi connectivity index (χ3n) is 2.93. The zero-order valence-corrected chi connectivity index (χ0v) is 12.7. The second-order valence-corrected chi connectivity index (χ2v) is 6.30. The molecular formula is C13H19N5O2S. The van der Waals surface area contributed by atoms with Crippen molar-refractivity contribution in [3.8, 4) is 0 Å². The van der Waals surface area contributed by atoms with E-state index in [4.69, 9.17) is 0 Å². The molecule has 0 aliphatic rings. The number of nitrogens with zero attached hydrogens (tertiary/aromatic N) is 3. The Morgan fingerprint density at radius 1 is 1.24 bits per heavy atom. The van der Waals surface area contributed by atoms with Gasteiger partial charge in [0.1, 0.15) is 0 Å². The van der Waals surface area contributed by atoms with Gasteiger partial charge in [-0.2, -0.15) is 5.10 Å². The van der Waals surface area contributed by atoms with Crippen molar-refractivity contribution >= 4 is 10.0 Å². The lowest BCUT2D eigenvalue weighted by Gasteiger charge is -2.07. The molecule has 0 aromatic carbocycles. The Kier molecular flexibility index (Phi) is 5.43. The van der Waals surface area contributed by atoms with Crippen LogP contribution in [0.15, 0.2) is 41.8 Å². The molecule has 0 radical (unpaired) electrons. The molecule has 0 bridgehead atoms. The van der Waals surface area contributed by atoms with Crippen molar-refractivity contribution in [3.63, 3.8) is 0 Å². The third-order valence-corrected chi connectivity index (χ3v) is 4.46. The van der Waals surface area contributed by atoms with Crippen LogP contribution >= 0.6 is 0 Å². The Morgan fingerprint density at radius 2 is 2.10 bits per heavy atom. The average molecular weight is 309 g/mol. The van der Waals surface area contributed by atoms with Crippen molar-refractivity contribution in [2.75, 3.05) is 13.1 Å². The van der Waals surface area contributed by atoms with Crippen molar-refractivity contribution in [2.24, 2.45) is 7.05 Å². The highest BCUT2D eigenvalue weighted by atomic mass is 32.2. The first-order valence-electron chi connectivity index (χ1n) is 6.67. The molecular weight excluding hydrogens is 290 g/mol. The Balaban J connectivity index is 1.67. The lowest BCUT2D eigenvalue weighted by atomic mass is 10.3. The minimum atomic E-state index is -3.47. The first-order valence-corrected chi connectivity index (χ1v) is 8.15. The van der Waals surface area contributed by atoms with Crippen LogP contribution < -0.4 is 10.0 Å². The number of hydrogen-bond acceptors (Lipinski definition) is 5. The summed E-state index contributed by atoms with van der Waals surface area (Å²) >= 11 is 0. The van der Waals surface area contributed by atoms with Gasteiger partial charge in [0, 0.05) is 32.5 Å². The maximum Gasteiger partial charge on any atom is 0.257 e. The predicted molar refractivity (Wildman–Crippen MR) is 79.0 cm³/mol. The van der Waals surface area contributed by atoms with E-state index in [1.807, 2.05) is 12.1 Å². The summed E-state index contributed by atoms with van der Waals surface area (Å²) in [6.45, 7) is 1.83. The van der Waals surface area contributed by atoms with Gasteiger partial charge >= 0.3 is 0 Å². The molecule has 2 heterocycles. The summed E-state index contributed by atoms with van der Waals surface area (Å²) in [5, 5.41) is 7.27. The molecule has 0 aliphatic carbocycles. The van der Waals surface area contributed by atoms with Crippen LogP contribution in [0.4, 0.5) is 0 Å². The summed E-state index contributed by atoms with van der Waals surface area (Å²) in [5.41, 5.74) is 1.10. The second-order valence-electron chi connectivity index (χ2n) is 4.58. The normalized spacial score (nSPS) is 11.7. The monoisotopic (exact) mass is 309 g/mol. The Labute approximate surface area is 124 Å². The summed E-state index contributed by atoms with van der Waals surface area (Å²) in [5.74, 6) is 0. The van der Waals surface area contributed by atoms with Gasteiger partial charge in [-0.1, -0.05) is 6.07 Å². The Hall–Kier alpha value is -1.77. The van der Waals surface area contributed by atoms with Crippen LogP contribution in [0.1, 0.15) is 12.0 Å². The highest BCUT2D eigenvalue weighted by molar-refractivity contribution is 7.89. The molecule has 7 nitrogen and oxygen atoms in total. The van der Waals surface area contributed by atoms with Gasteiger partial charge in [0.25, 0.3) is 10.0 Å². The summed E-state index contributed by atoms with van der Waals surface area (Å²) in [7, 11) is -1.87. The van der Waals surface area contributed by atoms with E-state index in [9.17, 15) is 8.42 Å². The zero-order chi connectivity index (χ0) is 15.1. The van der Waals surface area contributed by atoms with E-state index in [1.54, 1.807) is 19.4 Å². The molecule has 0 saturated carbocycles. The summed E-state index contributed by atoms with van der Waals surface area (Å²) < 4.78 is 27.8. The van der Waals surface area contributed by atoms with Crippen molar-refractivity contribution < 1.29 is 8.42 Å². The molecule has 0 fully saturated rings. The quantitative estimate of drug-likeness (QED) is 0.684. The van der Waals surface area contributed by atoms with Crippen LogP contribution in [0.3, 0.4) is 0 Å². The number of pyridine rings is 1. The molecule has 21 heavy (non-hydrogen) atoms. The molecule has 8 heteroatoms. The summed E-state index contributed by atoms with van der Waals surface area (Å²) in [4.78, 5) is 4.03. The fourth-order valence-corrected chi connectivity index (χ4v) is 3.05. The van der Waals surface area contributed by atoms with Crippen molar-refractivity contribution in [3.05, 3.63) is 42.4 Å². The van der Waals surface area contributed by atoms with E-state index in [1.165, 1.54) is 16.9 Å². The molecule has 2 aromatic rings. The number of aromatic nitrogens is 3. The van der Waals surface area contributed by atoms with Crippen LogP contribution in [0.5, 0.6) is 0 Å². The predicted octanol–water partition coefficient (Wildman–Crippen LogP) is 0.273. The first kappa shape index (κ1) is 15.6. The minimum Gasteiger partial charge on any atom is -0.313 e. The van der Waals surface area contributed by atoms with E-state index in [0.717, 1.165) is 18.7 Å². The van der Waals surface area contributed by atoms with Crippen molar-refractivity contribution in [1.82, 2.24) is 24.8 Å². The summed E-state index contributed by atoms with van der Waals surface area (Å²) in [6.07, 6.45) is 5.70. The molecule has 0 atom stereocenters. The molecule has 2 rings (SSSR count). The number of nitrogens with one attached hydrogen (secondary N) is 2. The molecule has 0 unspecified atom stereocenters. The van der Waals surface area contributed by atoms with Crippen LogP contribution in [0, 0.1) is 0 Å². The molecule has 114 valence electrons. The minimum absolute atomic E-state index is 0.172. The number of rotatable bonds is 8. The van der Waals surface area contributed by atoms with E-state index >= 15 is 0 Å². The first-order chi connectivity index (χ1) is 10.1. The van der Waals surface area contributed by atoms with E-state index < -0.39 is 10.0 Å². The number of hydrogen-bond donors (Lipinski definition) is 2. The molecule has 0 spiro atoms. The Bertz CT molecular complexity index is 654. The van der Waals surface area contributed by atoms with Gasteiger partial charge in [-0.25, -0.2) is 13.1 Å². The molecule has 2 aromatic heterocycles. The smallest absolute Gasteiger partial charge is 0.257 e. The van der Waals surface area contributed by atoms with Gasteiger partial charge in [-0.05, 0) is 30.7 Å². The van der Waals surface area contributed by atoms with Gasteiger partial charge in [0.2, 0.25) is 0 Å². The zero-order valence-electron chi connectivity index (χ0n) is 11.9. The van der Waals surface area contributed by atoms with Gasteiger partial charge < -0.3 is 5.32 Å². The summed E-state index contributed by atoms with van der Waals surface area (Å²) in [6, 6.07) is 5.35. The SMILES string of the molecule is Cn1nccc1S(=O)(=O)NCCCNCc1cccnc1. The lowest BCUT2D eigenvalue weighted by molar-refractivity contribution is 0.557. The highest BCUT2D eigenvalue weighted by Gasteiger charge is 2.16. The van der Waals surface area contributed by atoms with Crippen LogP contribution in [0.2, 0.25) is 0 Å². The lowest BCUT2D eigenvalue weighted by Crippen LogP contribution is -2.28. The Morgan fingerprint density at radius 3 is 2.76 bits per heavy atom.